The molecule has 0 aliphatic carbocycles. The van der Waals surface area contributed by atoms with E-state index in [1.165, 1.54) is 12.1 Å². The first-order valence-corrected chi connectivity index (χ1v) is 5.21. The number of carboxylic acids is 1. The molecule has 0 amide bonds. The zero-order valence-corrected chi connectivity index (χ0v) is 9.18. The van der Waals surface area contributed by atoms with Gasteiger partial charge in [-0.1, -0.05) is 19.1 Å². The summed E-state index contributed by atoms with van der Waals surface area (Å²) in [6.45, 7) is 1.80. The summed E-state index contributed by atoms with van der Waals surface area (Å²) in [5.74, 6) is -0.800. The van der Waals surface area contributed by atoms with Crippen LogP contribution in [-0.4, -0.2) is 21.3 Å². The van der Waals surface area contributed by atoms with Crippen molar-refractivity contribution in [2.45, 2.75) is 31.8 Å². The Morgan fingerprint density at radius 2 is 1.88 bits per heavy atom. The van der Waals surface area contributed by atoms with Gasteiger partial charge in [0.2, 0.25) is 0 Å². The van der Waals surface area contributed by atoms with E-state index in [0.717, 1.165) is 0 Å². The molecule has 1 atom stereocenters. The summed E-state index contributed by atoms with van der Waals surface area (Å²) in [7, 11) is 0. The lowest BCUT2D eigenvalue weighted by Gasteiger charge is -2.26. The van der Waals surface area contributed by atoms with E-state index in [1.54, 1.807) is 19.1 Å². The highest BCUT2D eigenvalue weighted by Crippen LogP contribution is 2.30. The molecule has 0 aromatic heterocycles. The predicted octanol–water partition coefficient (Wildman–Crippen LogP) is 1.85. The molecular formula is C12H16O4. The van der Waals surface area contributed by atoms with E-state index in [2.05, 4.69) is 0 Å². The third kappa shape index (κ3) is 2.97. The fourth-order valence-electron chi connectivity index (χ4n) is 1.61. The van der Waals surface area contributed by atoms with Gasteiger partial charge in [-0.25, -0.2) is 0 Å². The maximum atomic E-state index is 10.5. The molecule has 88 valence electrons. The van der Waals surface area contributed by atoms with Gasteiger partial charge in [0.05, 0.1) is 5.60 Å². The van der Waals surface area contributed by atoms with Crippen LogP contribution in [0.25, 0.3) is 0 Å². The zero-order valence-electron chi connectivity index (χ0n) is 9.18. The van der Waals surface area contributed by atoms with Crippen LogP contribution in [0, 0.1) is 0 Å². The minimum absolute atomic E-state index is 0.0782. The van der Waals surface area contributed by atoms with E-state index in [9.17, 15) is 9.90 Å². The molecule has 3 N–H and O–H groups in total. The van der Waals surface area contributed by atoms with Crippen LogP contribution in [0.2, 0.25) is 0 Å². The van der Waals surface area contributed by atoms with Crippen LogP contribution < -0.4 is 0 Å². The van der Waals surface area contributed by atoms with Gasteiger partial charge < -0.3 is 15.3 Å². The highest BCUT2D eigenvalue weighted by molar-refractivity contribution is 5.66. The summed E-state index contributed by atoms with van der Waals surface area (Å²) in [4.78, 5) is 10.5. The molecule has 0 aliphatic heterocycles. The van der Waals surface area contributed by atoms with Crippen LogP contribution in [-0.2, 0) is 10.4 Å². The highest BCUT2D eigenvalue weighted by Gasteiger charge is 2.27. The second-order valence-corrected chi connectivity index (χ2v) is 3.83. The molecule has 1 unspecified atom stereocenters. The standard InChI is InChI=1S/C12H16O4/c1-2-12(16,8-7-11(14)15)9-3-5-10(13)6-4-9/h3-6,13,16H,2,7-8H2,1H3,(H,14,15). The maximum Gasteiger partial charge on any atom is 0.303 e. The summed E-state index contributed by atoms with van der Waals surface area (Å²) in [6, 6.07) is 6.19. The van der Waals surface area contributed by atoms with E-state index in [-0.39, 0.29) is 18.6 Å². The van der Waals surface area contributed by atoms with Crippen molar-refractivity contribution in [3.8, 4) is 5.75 Å². The molecule has 0 heterocycles. The van der Waals surface area contributed by atoms with E-state index in [0.29, 0.717) is 12.0 Å². The Morgan fingerprint density at radius 3 is 2.31 bits per heavy atom. The summed E-state index contributed by atoms with van der Waals surface area (Å²) in [6.07, 6.45) is 0.528. The van der Waals surface area contributed by atoms with Gasteiger partial charge >= 0.3 is 5.97 Å². The number of benzene rings is 1. The first kappa shape index (κ1) is 12.5. The molecule has 1 aromatic rings. The van der Waals surface area contributed by atoms with E-state index < -0.39 is 11.6 Å². The van der Waals surface area contributed by atoms with Crippen LogP contribution >= 0.6 is 0 Å². The van der Waals surface area contributed by atoms with Crippen LogP contribution in [0.3, 0.4) is 0 Å². The molecule has 0 radical (unpaired) electrons. The number of hydrogen-bond donors (Lipinski definition) is 3. The van der Waals surface area contributed by atoms with Gasteiger partial charge in [-0.2, -0.15) is 0 Å². The molecular weight excluding hydrogens is 208 g/mol. The number of hydrogen-bond acceptors (Lipinski definition) is 3. The lowest BCUT2D eigenvalue weighted by atomic mass is 9.87. The zero-order chi connectivity index (χ0) is 12.2. The number of aliphatic carboxylic acids is 1. The molecule has 1 aromatic carbocycles. The summed E-state index contributed by atoms with van der Waals surface area (Å²) in [5.41, 5.74) is -0.499. The second kappa shape index (κ2) is 4.99. The number of aliphatic hydroxyl groups is 1. The van der Waals surface area contributed by atoms with Crippen molar-refractivity contribution >= 4 is 5.97 Å². The fraction of sp³-hybridized carbons (Fsp3) is 0.417. The Labute approximate surface area is 94.2 Å². The first-order valence-electron chi connectivity index (χ1n) is 5.21. The van der Waals surface area contributed by atoms with Gasteiger partial charge in [-0.3, -0.25) is 4.79 Å². The molecule has 4 nitrogen and oxygen atoms in total. The van der Waals surface area contributed by atoms with Gasteiger partial charge in [-0.05, 0) is 30.5 Å². The predicted molar refractivity (Wildman–Crippen MR) is 59.2 cm³/mol. The van der Waals surface area contributed by atoms with E-state index in [4.69, 9.17) is 10.2 Å². The van der Waals surface area contributed by atoms with Gasteiger partial charge in [0.15, 0.2) is 0 Å². The number of phenolic OH excluding ortho intramolecular Hbond substituents is 1. The average Bonchev–Trinajstić information content (AvgIpc) is 2.27. The number of carbonyl (C=O) groups is 1. The minimum atomic E-state index is -1.13. The topological polar surface area (TPSA) is 77.8 Å². The summed E-state index contributed by atoms with van der Waals surface area (Å²) in [5, 5.41) is 28.0. The van der Waals surface area contributed by atoms with Gasteiger partial charge in [-0.15, -0.1) is 0 Å². The van der Waals surface area contributed by atoms with Gasteiger partial charge in [0, 0.05) is 6.42 Å². The minimum Gasteiger partial charge on any atom is -0.508 e. The molecule has 0 fully saturated rings. The Bertz CT molecular complexity index is 358. The van der Waals surface area contributed by atoms with Crippen LogP contribution in [0.4, 0.5) is 0 Å². The Hall–Kier alpha value is -1.55. The summed E-state index contributed by atoms with van der Waals surface area (Å²) >= 11 is 0. The normalized spacial score (nSPS) is 14.4. The molecule has 0 saturated heterocycles. The molecule has 1 rings (SSSR count). The maximum absolute atomic E-state index is 10.5. The Kier molecular flexibility index (Phi) is 3.90. The van der Waals surface area contributed by atoms with Crippen molar-refractivity contribution in [1.82, 2.24) is 0 Å². The molecule has 0 aliphatic rings. The number of rotatable bonds is 5. The molecule has 4 heteroatoms. The molecule has 16 heavy (non-hydrogen) atoms. The smallest absolute Gasteiger partial charge is 0.303 e. The quantitative estimate of drug-likeness (QED) is 0.713. The first-order chi connectivity index (χ1) is 7.48. The average molecular weight is 224 g/mol. The van der Waals surface area contributed by atoms with E-state index >= 15 is 0 Å². The number of phenols is 1. The van der Waals surface area contributed by atoms with Crippen molar-refractivity contribution in [3.05, 3.63) is 29.8 Å². The highest BCUT2D eigenvalue weighted by atomic mass is 16.4. The van der Waals surface area contributed by atoms with Crippen molar-refractivity contribution in [3.63, 3.8) is 0 Å². The third-order valence-corrected chi connectivity index (χ3v) is 2.74. The van der Waals surface area contributed by atoms with Gasteiger partial charge in [0.1, 0.15) is 5.75 Å². The van der Waals surface area contributed by atoms with Gasteiger partial charge in [0.25, 0.3) is 0 Å². The van der Waals surface area contributed by atoms with Crippen LogP contribution in [0.1, 0.15) is 31.7 Å². The third-order valence-electron chi connectivity index (χ3n) is 2.74. The SMILES string of the molecule is CCC(O)(CCC(=O)O)c1ccc(O)cc1. The Morgan fingerprint density at radius 1 is 1.31 bits per heavy atom. The van der Waals surface area contributed by atoms with E-state index in [1.807, 2.05) is 0 Å². The number of aromatic hydroxyl groups is 1. The van der Waals surface area contributed by atoms with Crippen molar-refractivity contribution < 1.29 is 20.1 Å². The second-order valence-electron chi connectivity index (χ2n) is 3.83. The van der Waals surface area contributed by atoms with Crippen molar-refractivity contribution in [2.75, 3.05) is 0 Å². The molecule has 0 bridgehead atoms. The summed E-state index contributed by atoms with van der Waals surface area (Å²) < 4.78 is 0. The van der Waals surface area contributed by atoms with Crippen LogP contribution in [0.15, 0.2) is 24.3 Å². The van der Waals surface area contributed by atoms with Crippen LogP contribution in [0.5, 0.6) is 5.75 Å². The largest absolute Gasteiger partial charge is 0.508 e. The molecule has 0 spiro atoms. The van der Waals surface area contributed by atoms with Crippen molar-refractivity contribution in [2.24, 2.45) is 0 Å². The van der Waals surface area contributed by atoms with Crippen molar-refractivity contribution in [1.29, 1.82) is 0 Å². The lowest BCUT2D eigenvalue weighted by molar-refractivity contribution is -0.138. The molecule has 0 saturated carbocycles. The fourth-order valence-corrected chi connectivity index (χ4v) is 1.61. The number of carboxylic acid groups (broad SMARTS) is 1. The monoisotopic (exact) mass is 224 g/mol. The lowest BCUT2D eigenvalue weighted by Crippen LogP contribution is -2.25. The Balaban J connectivity index is 2.86.